The molecule has 116 valence electrons. The van der Waals surface area contributed by atoms with Crippen molar-refractivity contribution in [3.8, 4) is 0 Å². The van der Waals surface area contributed by atoms with E-state index < -0.39 is 6.43 Å². The van der Waals surface area contributed by atoms with Crippen LogP contribution >= 0.6 is 0 Å². The van der Waals surface area contributed by atoms with Crippen LogP contribution in [0, 0.1) is 12.8 Å². The highest BCUT2D eigenvalue weighted by molar-refractivity contribution is 5.36. The van der Waals surface area contributed by atoms with Crippen molar-refractivity contribution in [1.29, 1.82) is 0 Å². The molecule has 2 rings (SSSR count). The normalized spacial score (nSPS) is 11.6. The van der Waals surface area contributed by atoms with E-state index in [1.807, 2.05) is 17.7 Å². The predicted octanol–water partition coefficient (Wildman–Crippen LogP) is 2.92. The number of anilines is 1. The first-order valence-electron chi connectivity index (χ1n) is 7.02. The first kappa shape index (κ1) is 15.5. The summed E-state index contributed by atoms with van der Waals surface area (Å²) in [6.07, 6.45) is 0.824. The topological polar surface area (TPSA) is 47.7 Å². The molecular formula is C14H21F2N5. The van der Waals surface area contributed by atoms with E-state index in [1.165, 1.54) is 4.68 Å². The van der Waals surface area contributed by atoms with Crippen molar-refractivity contribution in [2.24, 2.45) is 5.92 Å². The van der Waals surface area contributed by atoms with Crippen molar-refractivity contribution in [3.63, 3.8) is 0 Å². The number of nitrogens with one attached hydrogen (secondary N) is 1. The van der Waals surface area contributed by atoms with Gasteiger partial charge in [-0.3, -0.25) is 9.36 Å². The molecule has 0 aliphatic rings. The molecule has 0 aromatic carbocycles. The van der Waals surface area contributed by atoms with Gasteiger partial charge in [-0.2, -0.15) is 10.2 Å². The maximum atomic E-state index is 12.2. The number of aromatic nitrogens is 4. The van der Waals surface area contributed by atoms with Crippen LogP contribution in [0.4, 0.5) is 14.6 Å². The zero-order valence-corrected chi connectivity index (χ0v) is 12.6. The smallest absolute Gasteiger partial charge is 0.257 e. The number of alkyl halides is 2. The number of rotatable bonds is 7. The van der Waals surface area contributed by atoms with Crippen molar-refractivity contribution in [2.45, 2.75) is 46.8 Å². The molecule has 1 N–H and O–H groups in total. The largest absolute Gasteiger partial charge is 0.364 e. The Morgan fingerprint density at radius 1 is 1.29 bits per heavy atom. The van der Waals surface area contributed by atoms with Crippen molar-refractivity contribution in [2.75, 3.05) is 5.32 Å². The Bertz CT molecular complexity index is 574. The van der Waals surface area contributed by atoms with Gasteiger partial charge in [-0.1, -0.05) is 13.8 Å². The van der Waals surface area contributed by atoms with Gasteiger partial charge in [0, 0.05) is 36.6 Å². The molecular weight excluding hydrogens is 276 g/mol. The van der Waals surface area contributed by atoms with Crippen molar-refractivity contribution < 1.29 is 8.78 Å². The van der Waals surface area contributed by atoms with Gasteiger partial charge in [-0.25, -0.2) is 8.78 Å². The molecule has 0 atom stereocenters. The number of halogens is 2. The summed E-state index contributed by atoms with van der Waals surface area (Å²) >= 11 is 0. The average Bonchev–Trinajstić information content (AvgIpc) is 2.93. The molecule has 0 unspecified atom stereocenters. The quantitative estimate of drug-likeness (QED) is 0.855. The molecule has 2 heterocycles. The van der Waals surface area contributed by atoms with Crippen LogP contribution in [0.3, 0.4) is 0 Å². The first-order chi connectivity index (χ1) is 9.94. The molecule has 2 aromatic heterocycles. The van der Waals surface area contributed by atoms with Crippen LogP contribution in [-0.4, -0.2) is 26.0 Å². The van der Waals surface area contributed by atoms with Crippen LogP contribution in [0.15, 0.2) is 18.5 Å². The van der Waals surface area contributed by atoms with E-state index in [9.17, 15) is 8.78 Å². The van der Waals surface area contributed by atoms with Gasteiger partial charge in [0.2, 0.25) is 0 Å². The van der Waals surface area contributed by atoms with Crippen LogP contribution in [0.25, 0.3) is 0 Å². The zero-order chi connectivity index (χ0) is 15.4. The van der Waals surface area contributed by atoms with Gasteiger partial charge < -0.3 is 5.32 Å². The lowest BCUT2D eigenvalue weighted by molar-refractivity contribution is 0.122. The molecule has 2 aromatic rings. The second kappa shape index (κ2) is 6.69. The Hall–Kier alpha value is -1.92. The van der Waals surface area contributed by atoms with Crippen LogP contribution < -0.4 is 5.32 Å². The Balaban J connectivity index is 1.92. The highest BCUT2D eigenvalue weighted by atomic mass is 19.3. The van der Waals surface area contributed by atoms with Crippen LogP contribution in [-0.2, 0) is 19.6 Å². The van der Waals surface area contributed by atoms with Gasteiger partial charge in [-0.05, 0) is 12.8 Å². The Kier molecular flexibility index (Phi) is 4.93. The van der Waals surface area contributed by atoms with E-state index in [4.69, 9.17) is 0 Å². The zero-order valence-electron chi connectivity index (χ0n) is 12.6. The summed E-state index contributed by atoms with van der Waals surface area (Å²) < 4.78 is 27.7. The van der Waals surface area contributed by atoms with Crippen molar-refractivity contribution in [1.82, 2.24) is 19.6 Å². The molecule has 0 saturated carbocycles. The Morgan fingerprint density at radius 2 is 2.05 bits per heavy atom. The minimum Gasteiger partial charge on any atom is -0.364 e. The minimum absolute atomic E-state index is 0.373. The minimum atomic E-state index is -2.39. The van der Waals surface area contributed by atoms with Gasteiger partial charge in [-0.15, -0.1) is 0 Å². The molecule has 0 amide bonds. The highest BCUT2D eigenvalue weighted by Gasteiger charge is 2.08. The van der Waals surface area contributed by atoms with E-state index >= 15 is 0 Å². The Morgan fingerprint density at radius 3 is 2.71 bits per heavy atom. The standard InChI is InChI=1S/C14H21F2N5/c1-10(2)7-21-11(3)4-14(19-21)17-5-12-6-18-20(8-12)9-13(15)16/h4,6,8,10,13H,5,7,9H2,1-3H3,(H,17,19). The fraction of sp³-hybridized carbons (Fsp3) is 0.571. The summed E-state index contributed by atoms with van der Waals surface area (Å²) in [6, 6.07) is 1.98. The molecule has 0 spiro atoms. The fourth-order valence-corrected chi connectivity index (χ4v) is 2.06. The maximum absolute atomic E-state index is 12.2. The van der Waals surface area contributed by atoms with E-state index in [1.54, 1.807) is 12.4 Å². The van der Waals surface area contributed by atoms with Gasteiger partial charge in [0.1, 0.15) is 12.4 Å². The summed E-state index contributed by atoms with van der Waals surface area (Å²) in [5.74, 6) is 1.32. The van der Waals surface area contributed by atoms with Gasteiger partial charge in [0.05, 0.1) is 6.20 Å². The van der Waals surface area contributed by atoms with Crippen molar-refractivity contribution >= 4 is 5.82 Å². The van der Waals surface area contributed by atoms with Gasteiger partial charge in [0.15, 0.2) is 0 Å². The molecule has 0 fully saturated rings. The summed E-state index contributed by atoms with van der Waals surface area (Å²) in [7, 11) is 0. The molecule has 0 bridgehead atoms. The maximum Gasteiger partial charge on any atom is 0.257 e. The molecule has 0 aliphatic carbocycles. The summed E-state index contributed by atoms with van der Waals surface area (Å²) in [4.78, 5) is 0. The van der Waals surface area contributed by atoms with E-state index in [0.717, 1.165) is 23.6 Å². The SMILES string of the molecule is Cc1cc(NCc2cnn(CC(F)F)c2)nn1CC(C)C. The number of aryl methyl sites for hydroxylation is 1. The lowest BCUT2D eigenvalue weighted by atomic mass is 10.2. The summed E-state index contributed by atoms with van der Waals surface area (Å²) in [6.45, 7) is 7.32. The van der Waals surface area contributed by atoms with Gasteiger partial charge >= 0.3 is 0 Å². The number of hydrogen-bond acceptors (Lipinski definition) is 3. The molecule has 7 heteroatoms. The predicted molar refractivity (Wildman–Crippen MR) is 77.4 cm³/mol. The van der Waals surface area contributed by atoms with Crippen LogP contribution in [0.1, 0.15) is 25.1 Å². The van der Waals surface area contributed by atoms with Crippen molar-refractivity contribution in [3.05, 3.63) is 29.7 Å². The first-order valence-corrected chi connectivity index (χ1v) is 7.02. The lowest BCUT2D eigenvalue weighted by Gasteiger charge is -2.06. The summed E-state index contributed by atoms with van der Waals surface area (Å²) in [5, 5.41) is 11.6. The van der Waals surface area contributed by atoms with Gasteiger partial charge in [0.25, 0.3) is 6.43 Å². The van der Waals surface area contributed by atoms with E-state index in [-0.39, 0.29) is 6.54 Å². The molecule has 0 radical (unpaired) electrons. The number of nitrogens with zero attached hydrogens (tertiary/aromatic N) is 4. The van der Waals surface area contributed by atoms with E-state index in [0.29, 0.717) is 12.5 Å². The third kappa shape index (κ3) is 4.54. The summed E-state index contributed by atoms with van der Waals surface area (Å²) in [5.41, 5.74) is 1.95. The molecule has 5 nitrogen and oxygen atoms in total. The second-order valence-corrected chi connectivity index (χ2v) is 5.56. The molecule has 0 saturated heterocycles. The highest BCUT2D eigenvalue weighted by Crippen LogP contribution is 2.12. The Labute approximate surface area is 123 Å². The molecule has 0 aliphatic heterocycles. The number of hydrogen-bond donors (Lipinski definition) is 1. The average molecular weight is 297 g/mol. The van der Waals surface area contributed by atoms with E-state index in [2.05, 4.69) is 29.4 Å². The lowest BCUT2D eigenvalue weighted by Crippen LogP contribution is -2.08. The molecule has 21 heavy (non-hydrogen) atoms. The monoisotopic (exact) mass is 297 g/mol. The fourth-order valence-electron chi connectivity index (χ4n) is 2.06. The third-order valence-electron chi connectivity index (χ3n) is 3.00. The van der Waals surface area contributed by atoms with Crippen LogP contribution in [0.5, 0.6) is 0 Å². The third-order valence-corrected chi connectivity index (χ3v) is 3.00. The van der Waals surface area contributed by atoms with Crippen LogP contribution in [0.2, 0.25) is 0 Å². The second-order valence-electron chi connectivity index (χ2n) is 5.56.